The van der Waals surface area contributed by atoms with Crippen LogP contribution >= 0.6 is 11.6 Å². The highest BCUT2D eigenvalue weighted by Crippen LogP contribution is 2.36. The number of fused-ring (bicyclic) bond motifs is 2. The van der Waals surface area contributed by atoms with E-state index < -0.39 is 21.8 Å². The molecule has 5 rings (SSSR count). The Labute approximate surface area is 217 Å². The number of halogens is 1. The van der Waals surface area contributed by atoms with Crippen LogP contribution < -0.4 is 16.0 Å². The van der Waals surface area contributed by atoms with Gasteiger partial charge in [-0.15, -0.1) is 5.10 Å². The van der Waals surface area contributed by atoms with Crippen molar-refractivity contribution < 1.29 is 13.2 Å². The fourth-order valence-corrected chi connectivity index (χ4v) is 6.19. The summed E-state index contributed by atoms with van der Waals surface area (Å²) in [5, 5.41) is 17.1. The normalized spacial score (nSPS) is 16.1. The SMILES string of the molecule is CCCC(NC(=O)c1c(N)nn2cccnc12)c1cc(Cl)c2c(C#N)ncn2c1N1CCS(=O)(=O)CC1. The number of aromatic nitrogens is 5. The van der Waals surface area contributed by atoms with Gasteiger partial charge in [0.25, 0.3) is 5.91 Å². The number of hydrogen-bond donors (Lipinski definition) is 2. The smallest absolute Gasteiger partial charge is 0.259 e. The average molecular weight is 542 g/mol. The van der Waals surface area contributed by atoms with Gasteiger partial charge in [-0.05, 0) is 18.6 Å². The van der Waals surface area contributed by atoms with Crippen LogP contribution in [0.25, 0.3) is 11.2 Å². The fourth-order valence-electron chi connectivity index (χ4n) is 4.69. The van der Waals surface area contributed by atoms with Crippen molar-refractivity contribution >= 4 is 50.1 Å². The van der Waals surface area contributed by atoms with Crippen molar-refractivity contribution in [3.63, 3.8) is 0 Å². The van der Waals surface area contributed by atoms with E-state index in [1.807, 2.05) is 11.8 Å². The van der Waals surface area contributed by atoms with Crippen molar-refractivity contribution in [3.05, 3.63) is 52.7 Å². The van der Waals surface area contributed by atoms with Crippen molar-refractivity contribution in [1.29, 1.82) is 5.26 Å². The van der Waals surface area contributed by atoms with Crippen LogP contribution in [-0.2, 0) is 9.84 Å². The number of sulfone groups is 1. The monoisotopic (exact) mass is 541 g/mol. The third-order valence-electron chi connectivity index (χ3n) is 6.42. The number of nitrogen functional groups attached to an aromatic ring is 1. The van der Waals surface area contributed by atoms with Crippen LogP contribution in [-0.4, -0.2) is 62.9 Å². The molecule has 1 fully saturated rings. The molecule has 0 aliphatic carbocycles. The molecule has 3 N–H and O–H groups in total. The highest BCUT2D eigenvalue weighted by Gasteiger charge is 2.31. The molecule has 0 spiro atoms. The fraction of sp³-hybridized carbons (Fsp3) is 0.348. The maximum atomic E-state index is 13.5. The molecule has 12 nitrogen and oxygen atoms in total. The number of nitrogens with zero attached hydrogens (tertiary/aromatic N) is 7. The standard InChI is InChI=1S/C23H24ClN9O3S/c1-2-4-16(29-22(34)18-20(26)30-33-6-3-5-27-21(18)33)14-11-15(24)19-17(12-25)28-13-32(19)23(14)31-7-9-37(35,36)10-8-31/h3,5-6,11,13,16H,2,4,7-10H2,1H3,(H2,26,30)(H,29,34). The molecule has 1 amide bonds. The van der Waals surface area contributed by atoms with Crippen LogP contribution in [0.5, 0.6) is 0 Å². The highest BCUT2D eigenvalue weighted by atomic mass is 35.5. The summed E-state index contributed by atoms with van der Waals surface area (Å²) in [6.07, 6.45) is 5.99. The molecule has 0 aromatic carbocycles. The van der Waals surface area contributed by atoms with E-state index in [1.165, 1.54) is 10.8 Å². The van der Waals surface area contributed by atoms with E-state index in [0.717, 1.165) is 6.42 Å². The number of nitrogens with one attached hydrogen (secondary N) is 1. The van der Waals surface area contributed by atoms with Gasteiger partial charge >= 0.3 is 0 Å². The zero-order valence-corrected chi connectivity index (χ0v) is 21.5. The van der Waals surface area contributed by atoms with Crippen LogP contribution in [0.4, 0.5) is 11.6 Å². The zero-order chi connectivity index (χ0) is 26.3. The van der Waals surface area contributed by atoms with E-state index in [4.69, 9.17) is 17.3 Å². The Morgan fingerprint density at radius 1 is 1.32 bits per heavy atom. The Bertz CT molecular complexity index is 1660. The number of anilines is 2. The van der Waals surface area contributed by atoms with Crippen LogP contribution in [0.3, 0.4) is 0 Å². The molecule has 4 aromatic heterocycles. The van der Waals surface area contributed by atoms with Gasteiger partial charge in [0, 0.05) is 31.0 Å². The molecule has 192 valence electrons. The first-order valence-electron chi connectivity index (χ1n) is 11.7. The summed E-state index contributed by atoms with van der Waals surface area (Å²) >= 11 is 6.64. The van der Waals surface area contributed by atoms with Gasteiger partial charge in [-0.2, -0.15) is 5.26 Å². The van der Waals surface area contributed by atoms with Gasteiger partial charge in [0.2, 0.25) is 0 Å². The summed E-state index contributed by atoms with van der Waals surface area (Å²) in [7, 11) is -3.15. The average Bonchev–Trinajstić information content (AvgIpc) is 3.44. The van der Waals surface area contributed by atoms with Crippen LogP contribution in [0.1, 0.15) is 47.4 Å². The Morgan fingerprint density at radius 3 is 2.78 bits per heavy atom. The minimum absolute atomic E-state index is 0.00817. The van der Waals surface area contributed by atoms with Crippen molar-refractivity contribution in [2.75, 3.05) is 35.2 Å². The van der Waals surface area contributed by atoms with Crippen LogP contribution in [0.2, 0.25) is 5.02 Å². The summed E-state index contributed by atoms with van der Waals surface area (Å²) in [4.78, 5) is 23.9. The Kier molecular flexibility index (Phi) is 6.38. The number of nitriles is 1. The van der Waals surface area contributed by atoms with Gasteiger partial charge in [-0.25, -0.2) is 22.9 Å². The zero-order valence-electron chi connectivity index (χ0n) is 19.9. The lowest BCUT2D eigenvalue weighted by molar-refractivity contribution is 0.0937. The van der Waals surface area contributed by atoms with Gasteiger partial charge in [0.15, 0.2) is 27.0 Å². The van der Waals surface area contributed by atoms with Crippen molar-refractivity contribution in [3.8, 4) is 6.07 Å². The minimum atomic E-state index is -3.15. The molecule has 1 aliphatic rings. The minimum Gasteiger partial charge on any atom is -0.381 e. The van der Waals surface area contributed by atoms with Gasteiger partial charge in [-0.1, -0.05) is 24.9 Å². The number of imidazole rings is 1. The number of nitrogens with two attached hydrogens (primary N) is 1. The van der Waals surface area contributed by atoms with Crippen molar-refractivity contribution in [2.24, 2.45) is 0 Å². The molecule has 0 radical (unpaired) electrons. The van der Waals surface area contributed by atoms with Gasteiger partial charge < -0.3 is 16.0 Å². The third-order valence-corrected chi connectivity index (χ3v) is 8.32. The highest BCUT2D eigenvalue weighted by molar-refractivity contribution is 7.91. The van der Waals surface area contributed by atoms with Crippen LogP contribution in [0, 0.1) is 11.3 Å². The Balaban J connectivity index is 1.62. The van der Waals surface area contributed by atoms with E-state index in [-0.39, 0.29) is 41.7 Å². The topological polar surface area (TPSA) is 164 Å². The summed E-state index contributed by atoms with van der Waals surface area (Å²) in [5.41, 5.74) is 7.82. The molecular formula is C23H24ClN9O3S. The van der Waals surface area contributed by atoms with Crippen molar-refractivity contribution in [1.82, 2.24) is 29.3 Å². The number of hydrogen-bond acceptors (Lipinski definition) is 9. The maximum absolute atomic E-state index is 13.5. The first-order valence-corrected chi connectivity index (χ1v) is 13.9. The Hall–Kier alpha value is -3.89. The van der Waals surface area contributed by atoms with Gasteiger partial charge in [0.05, 0.1) is 22.6 Å². The number of carbonyl (C=O) groups excluding carboxylic acids is 1. The third kappa shape index (κ3) is 4.42. The molecule has 4 aromatic rings. The summed E-state index contributed by atoms with van der Waals surface area (Å²) in [6.45, 7) is 2.50. The lowest BCUT2D eigenvalue weighted by Gasteiger charge is -2.33. The van der Waals surface area contributed by atoms with Gasteiger partial charge in [-0.3, -0.25) is 9.20 Å². The molecule has 1 aliphatic heterocycles. The summed E-state index contributed by atoms with van der Waals surface area (Å²) < 4.78 is 27.4. The maximum Gasteiger partial charge on any atom is 0.259 e. The predicted octanol–water partition coefficient (Wildman–Crippen LogP) is 1.99. The summed E-state index contributed by atoms with van der Waals surface area (Å²) in [5.74, 6) is 0.219. The van der Waals surface area contributed by atoms with Crippen molar-refractivity contribution in [2.45, 2.75) is 25.8 Å². The lowest BCUT2D eigenvalue weighted by Crippen LogP contribution is -2.42. The molecular weight excluding hydrogens is 518 g/mol. The second kappa shape index (κ2) is 9.53. The number of rotatable bonds is 6. The quantitative estimate of drug-likeness (QED) is 0.371. The van der Waals surface area contributed by atoms with E-state index in [2.05, 4.69) is 26.5 Å². The molecule has 1 saturated heterocycles. The first-order chi connectivity index (χ1) is 17.7. The van der Waals surface area contributed by atoms with Gasteiger partial charge in [0.1, 0.15) is 29.3 Å². The number of carbonyl (C=O) groups is 1. The van der Waals surface area contributed by atoms with E-state index >= 15 is 0 Å². The van der Waals surface area contributed by atoms with E-state index in [9.17, 15) is 18.5 Å². The lowest BCUT2D eigenvalue weighted by atomic mass is 10.0. The molecule has 37 heavy (non-hydrogen) atoms. The van der Waals surface area contributed by atoms with E-state index in [0.29, 0.717) is 34.0 Å². The molecule has 14 heteroatoms. The number of pyridine rings is 1. The molecule has 5 heterocycles. The summed E-state index contributed by atoms with van der Waals surface area (Å²) in [6, 6.07) is 4.94. The first kappa shape index (κ1) is 24.8. The molecule has 1 atom stereocenters. The second-order valence-corrected chi connectivity index (χ2v) is 11.5. The Morgan fingerprint density at radius 2 is 2.08 bits per heavy atom. The molecule has 0 bridgehead atoms. The molecule has 0 saturated carbocycles. The van der Waals surface area contributed by atoms with E-state index in [1.54, 1.807) is 28.9 Å². The molecule has 1 unspecified atom stereocenters. The number of amides is 1. The predicted molar refractivity (Wildman–Crippen MR) is 138 cm³/mol. The second-order valence-electron chi connectivity index (χ2n) is 8.80. The van der Waals surface area contributed by atoms with Crippen LogP contribution in [0.15, 0.2) is 30.9 Å². The largest absolute Gasteiger partial charge is 0.381 e.